The van der Waals surface area contributed by atoms with Gasteiger partial charge in [0.05, 0.1) is 12.7 Å². The molecule has 0 bridgehead atoms. The minimum Gasteiger partial charge on any atom is -0.493 e. The Morgan fingerprint density at radius 3 is 2.64 bits per heavy atom. The number of methoxy groups -OCH3 is 1. The van der Waals surface area contributed by atoms with Crippen molar-refractivity contribution in [2.24, 2.45) is 0 Å². The highest BCUT2D eigenvalue weighted by molar-refractivity contribution is 5.78. The topological polar surface area (TPSA) is 63.7 Å². The zero-order valence-electron chi connectivity index (χ0n) is 15.2. The fourth-order valence-electron chi connectivity index (χ4n) is 2.98. The summed E-state index contributed by atoms with van der Waals surface area (Å²) in [5.41, 5.74) is -0.784. The van der Waals surface area contributed by atoms with Gasteiger partial charge >= 0.3 is 6.18 Å². The van der Waals surface area contributed by atoms with Crippen LogP contribution in [0.2, 0.25) is 0 Å². The van der Waals surface area contributed by atoms with Gasteiger partial charge in [0.25, 0.3) is 5.91 Å². The van der Waals surface area contributed by atoms with Crippen molar-refractivity contribution in [2.45, 2.75) is 18.6 Å². The molecule has 1 amide bonds. The summed E-state index contributed by atoms with van der Waals surface area (Å²) in [6, 6.07) is 9.25. The molecule has 28 heavy (non-hydrogen) atoms. The number of rotatable bonds is 6. The number of alkyl halides is 3. The minimum atomic E-state index is -4.41. The average Bonchev–Trinajstić information content (AvgIpc) is 3.14. The van der Waals surface area contributed by atoms with Crippen LogP contribution in [-0.2, 0) is 11.0 Å². The van der Waals surface area contributed by atoms with Crippen molar-refractivity contribution < 1.29 is 27.4 Å². The van der Waals surface area contributed by atoms with Gasteiger partial charge in [-0.1, -0.05) is 12.1 Å². The number of hydrogen-bond donors (Lipinski definition) is 1. The molecule has 1 N–H and O–H groups in total. The third-order valence-electron chi connectivity index (χ3n) is 4.38. The van der Waals surface area contributed by atoms with E-state index in [2.05, 4.69) is 10.3 Å². The number of anilines is 1. The quantitative estimate of drug-likeness (QED) is 0.815. The zero-order chi connectivity index (χ0) is 20.1. The summed E-state index contributed by atoms with van der Waals surface area (Å²) in [6.45, 7) is 0.908. The molecule has 1 atom stereocenters. The van der Waals surface area contributed by atoms with Crippen LogP contribution >= 0.6 is 0 Å². The van der Waals surface area contributed by atoms with Gasteiger partial charge < -0.3 is 19.7 Å². The molecule has 0 spiro atoms. The van der Waals surface area contributed by atoms with E-state index in [4.69, 9.17) is 9.47 Å². The van der Waals surface area contributed by atoms with Crippen LogP contribution in [0.15, 0.2) is 42.6 Å². The van der Waals surface area contributed by atoms with Crippen LogP contribution in [0.25, 0.3) is 0 Å². The van der Waals surface area contributed by atoms with Gasteiger partial charge in [-0.3, -0.25) is 4.79 Å². The molecule has 1 aliphatic heterocycles. The molecule has 9 heteroatoms. The standard InChI is InChI=1S/C19H20F3N3O3/c1-27-15-4-2-3-5-16(15)28-12-18(26)24-14-8-9-25(11-14)17-7-6-13(10-23-17)19(20,21)22/h2-7,10,14H,8-9,11-12H2,1H3,(H,24,26). The summed E-state index contributed by atoms with van der Waals surface area (Å²) in [5, 5.41) is 2.87. The Labute approximate surface area is 160 Å². The third kappa shape index (κ3) is 4.85. The van der Waals surface area contributed by atoms with Crippen LogP contribution in [0, 0.1) is 0 Å². The molecule has 3 rings (SSSR count). The highest BCUT2D eigenvalue weighted by atomic mass is 19.4. The van der Waals surface area contributed by atoms with E-state index in [9.17, 15) is 18.0 Å². The zero-order valence-corrected chi connectivity index (χ0v) is 15.2. The van der Waals surface area contributed by atoms with E-state index in [1.54, 1.807) is 24.3 Å². The van der Waals surface area contributed by atoms with Crippen molar-refractivity contribution in [1.82, 2.24) is 10.3 Å². The van der Waals surface area contributed by atoms with Gasteiger partial charge in [0, 0.05) is 25.3 Å². The van der Waals surface area contributed by atoms with Crippen LogP contribution in [0.3, 0.4) is 0 Å². The van der Waals surface area contributed by atoms with Crippen molar-refractivity contribution >= 4 is 11.7 Å². The summed E-state index contributed by atoms with van der Waals surface area (Å²) in [7, 11) is 1.52. The van der Waals surface area contributed by atoms with Crippen LogP contribution < -0.4 is 19.7 Å². The number of ether oxygens (including phenoxy) is 2. The number of halogens is 3. The molecular weight excluding hydrogens is 375 g/mol. The highest BCUT2D eigenvalue weighted by Crippen LogP contribution is 2.30. The van der Waals surface area contributed by atoms with Crippen LogP contribution in [0.4, 0.5) is 19.0 Å². The number of aromatic nitrogens is 1. The van der Waals surface area contributed by atoms with Gasteiger partial charge in [-0.05, 0) is 30.7 Å². The van der Waals surface area contributed by atoms with E-state index < -0.39 is 11.7 Å². The fraction of sp³-hybridized carbons (Fsp3) is 0.368. The lowest BCUT2D eigenvalue weighted by atomic mass is 10.2. The molecule has 2 aromatic rings. The van der Waals surface area contributed by atoms with E-state index in [1.165, 1.54) is 13.2 Å². The highest BCUT2D eigenvalue weighted by Gasteiger charge is 2.31. The maximum Gasteiger partial charge on any atom is 0.417 e. The Hall–Kier alpha value is -2.97. The van der Waals surface area contributed by atoms with Gasteiger partial charge in [-0.15, -0.1) is 0 Å². The lowest BCUT2D eigenvalue weighted by Crippen LogP contribution is -2.39. The number of hydrogen-bond acceptors (Lipinski definition) is 5. The van der Waals surface area contributed by atoms with Gasteiger partial charge in [0.2, 0.25) is 0 Å². The van der Waals surface area contributed by atoms with E-state index >= 15 is 0 Å². The molecular formula is C19H20F3N3O3. The van der Waals surface area contributed by atoms with Crippen LogP contribution in [0.1, 0.15) is 12.0 Å². The second-order valence-electron chi connectivity index (χ2n) is 6.34. The second-order valence-corrected chi connectivity index (χ2v) is 6.34. The van der Waals surface area contributed by atoms with E-state index in [1.807, 2.05) is 4.90 Å². The first kappa shape index (κ1) is 19.8. The summed E-state index contributed by atoms with van der Waals surface area (Å²) in [5.74, 6) is 1.19. The number of carbonyl (C=O) groups is 1. The Balaban J connectivity index is 1.49. The largest absolute Gasteiger partial charge is 0.493 e. The molecule has 1 fully saturated rings. The van der Waals surface area contributed by atoms with E-state index in [-0.39, 0.29) is 18.6 Å². The number of carbonyl (C=O) groups excluding carboxylic acids is 1. The SMILES string of the molecule is COc1ccccc1OCC(=O)NC1CCN(c2ccc(C(F)(F)F)cn2)C1. The number of para-hydroxylation sites is 2. The molecule has 1 saturated heterocycles. The van der Waals surface area contributed by atoms with Crippen molar-refractivity contribution in [2.75, 3.05) is 31.7 Å². The number of pyridine rings is 1. The average molecular weight is 395 g/mol. The van der Waals surface area contributed by atoms with E-state index in [0.29, 0.717) is 36.8 Å². The number of nitrogens with one attached hydrogen (secondary N) is 1. The predicted octanol–water partition coefficient (Wildman–Crippen LogP) is 2.88. The summed E-state index contributed by atoms with van der Waals surface area (Å²) >= 11 is 0. The molecule has 6 nitrogen and oxygen atoms in total. The van der Waals surface area contributed by atoms with Crippen LogP contribution in [-0.4, -0.2) is 43.7 Å². The maximum atomic E-state index is 12.6. The van der Waals surface area contributed by atoms with Crippen molar-refractivity contribution in [3.05, 3.63) is 48.2 Å². The van der Waals surface area contributed by atoms with Crippen molar-refractivity contribution in [3.8, 4) is 11.5 Å². The van der Waals surface area contributed by atoms with Gasteiger partial charge in [0.1, 0.15) is 5.82 Å². The van der Waals surface area contributed by atoms with Gasteiger partial charge in [0.15, 0.2) is 18.1 Å². The summed E-state index contributed by atoms with van der Waals surface area (Å²) in [4.78, 5) is 17.9. The second kappa shape index (κ2) is 8.37. The minimum absolute atomic E-state index is 0.127. The first-order valence-corrected chi connectivity index (χ1v) is 8.70. The predicted molar refractivity (Wildman–Crippen MR) is 96.5 cm³/mol. The molecule has 1 aromatic carbocycles. The Morgan fingerprint density at radius 1 is 1.25 bits per heavy atom. The molecule has 150 valence electrons. The van der Waals surface area contributed by atoms with Crippen molar-refractivity contribution in [3.63, 3.8) is 0 Å². The maximum absolute atomic E-state index is 12.6. The molecule has 0 aliphatic carbocycles. The number of nitrogens with zero attached hydrogens (tertiary/aromatic N) is 2. The van der Waals surface area contributed by atoms with Gasteiger partial charge in [-0.25, -0.2) is 4.98 Å². The summed E-state index contributed by atoms with van der Waals surface area (Å²) in [6.07, 6.45) is -2.92. The lowest BCUT2D eigenvalue weighted by molar-refractivity contribution is -0.137. The van der Waals surface area contributed by atoms with E-state index in [0.717, 1.165) is 12.3 Å². The third-order valence-corrected chi connectivity index (χ3v) is 4.38. The number of amides is 1. The van der Waals surface area contributed by atoms with Crippen molar-refractivity contribution in [1.29, 1.82) is 0 Å². The van der Waals surface area contributed by atoms with Gasteiger partial charge in [-0.2, -0.15) is 13.2 Å². The number of benzene rings is 1. The monoisotopic (exact) mass is 395 g/mol. The molecule has 1 unspecified atom stereocenters. The first-order valence-electron chi connectivity index (χ1n) is 8.70. The normalized spacial score (nSPS) is 16.7. The fourth-order valence-corrected chi connectivity index (χ4v) is 2.98. The summed E-state index contributed by atoms with van der Waals surface area (Å²) < 4.78 is 48.5. The molecule has 2 heterocycles. The Bertz CT molecular complexity index is 812. The molecule has 0 saturated carbocycles. The smallest absolute Gasteiger partial charge is 0.417 e. The first-order chi connectivity index (χ1) is 13.4. The van der Waals surface area contributed by atoms with Crippen LogP contribution in [0.5, 0.6) is 11.5 Å². The Morgan fingerprint density at radius 2 is 2.00 bits per heavy atom. The molecule has 0 radical (unpaired) electrons. The Kier molecular flexibility index (Phi) is 5.91. The lowest BCUT2D eigenvalue weighted by Gasteiger charge is -2.18. The molecule has 1 aliphatic rings. The molecule has 1 aromatic heterocycles.